The van der Waals surface area contributed by atoms with Gasteiger partial charge in [0.05, 0.1) is 25.7 Å². The summed E-state index contributed by atoms with van der Waals surface area (Å²) in [5, 5.41) is 0. The number of nitrogens with zero attached hydrogens (tertiary/aromatic N) is 2. The third-order valence-corrected chi connectivity index (χ3v) is 4.32. The summed E-state index contributed by atoms with van der Waals surface area (Å²) in [4.78, 5) is 17.8. The van der Waals surface area contributed by atoms with Gasteiger partial charge in [0.15, 0.2) is 0 Å². The van der Waals surface area contributed by atoms with Crippen molar-refractivity contribution >= 4 is 5.91 Å². The quantitative estimate of drug-likeness (QED) is 0.831. The lowest BCUT2D eigenvalue weighted by Crippen LogP contribution is -2.43. The molecule has 0 aromatic carbocycles. The van der Waals surface area contributed by atoms with Gasteiger partial charge in [0.2, 0.25) is 5.91 Å². The topological polar surface area (TPSA) is 51.7 Å². The first kappa shape index (κ1) is 15.4. The highest BCUT2D eigenvalue weighted by Gasteiger charge is 2.46. The minimum Gasteiger partial charge on any atom is -0.373 e. The number of carbonyl (C=O) groups is 1. The Hall–Kier alpha value is -1.53. The summed E-state index contributed by atoms with van der Waals surface area (Å²) in [5.41, 5.74) is 1.04. The molecule has 0 N–H and O–H groups in total. The Morgan fingerprint density at radius 1 is 1.45 bits per heavy atom. The number of fused-ring (bicyclic) bond motifs is 1. The van der Waals surface area contributed by atoms with Gasteiger partial charge in [-0.1, -0.05) is 0 Å². The number of alkyl halides is 1. The second-order valence-corrected chi connectivity index (χ2v) is 5.73. The van der Waals surface area contributed by atoms with Crippen molar-refractivity contribution in [3.63, 3.8) is 0 Å². The predicted octanol–water partition coefficient (Wildman–Crippen LogP) is 1.72. The van der Waals surface area contributed by atoms with Crippen LogP contribution in [0.2, 0.25) is 0 Å². The summed E-state index contributed by atoms with van der Waals surface area (Å²) in [5.74, 6) is -0.141. The number of likely N-dealkylation sites (tertiary alicyclic amines) is 1. The lowest BCUT2D eigenvalue weighted by atomic mass is 10.0. The molecule has 3 heterocycles. The van der Waals surface area contributed by atoms with E-state index in [1.165, 1.54) is 0 Å². The minimum absolute atomic E-state index is 0.0234. The van der Waals surface area contributed by atoms with E-state index in [-0.39, 0.29) is 30.6 Å². The van der Waals surface area contributed by atoms with E-state index < -0.39 is 6.67 Å². The molecule has 2 aliphatic rings. The smallest absolute Gasteiger partial charge is 0.225 e. The van der Waals surface area contributed by atoms with Gasteiger partial charge in [-0.15, -0.1) is 0 Å². The van der Waals surface area contributed by atoms with Crippen LogP contribution in [0.1, 0.15) is 24.8 Å². The number of hydrogen-bond donors (Lipinski definition) is 0. The van der Waals surface area contributed by atoms with Gasteiger partial charge in [0, 0.05) is 25.5 Å². The maximum Gasteiger partial charge on any atom is 0.225 e. The van der Waals surface area contributed by atoms with E-state index in [4.69, 9.17) is 9.47 Å². The summed E-state index contributed by atoms with van der Waals surface area (Å²) in [6.45, 7) is 1.03. The maximum absolute atomic E-state index is 12.5. The molecule has 0 aliphatic carbocycles. The van der Waals surface area contributed by atoms with E-state index >= 15 is 0 Å². The van der Waals surface area contributed by atoms with Crippen molar-refractivity contribution in [3.8, 4) is 0 Å². The molecule has 120 valence electrons. The van der Waals surface area contributed by atoms with Gasteiger partial charge in [0.1, 0.15) is 12.2 Å². The van der Waals surface area contributed by atoms with Gasteiger partial charge >= 0.3 is 0 Å². The average Bonchev–Trinajstić information content (AvgIpc) is 2.93. The Labute approximate surface area is 129 Å². The van der Waals surface area contributed by atoms with Crippen molar-refractivity contribution in [3.05, 3.63) is 30.1 Å². The number of amides is 1. The molecule has 6 heteroatoms. The Balaban J connectivity index is 1.64. The summed E-state index contributed by atoms with van der Waals surface area (Å²) in [7, 11) is 0. The third-order valence-electron chi connectivity index (χ3n) is 4.32. The molecule has 1 aromatic rings. The number of carbonyl (C=O) groups excluding carboxylic acids is 1. The Bertz CT molecular complexity index is 499. The first-order valence-electron chi connectivity index (χ1n) is 7.77. The van der Waals surface area contributed by atoms with Crippen LogP contribution in [0.3, 0.4) is 0 Å². The molecule has 1 amide bonds. The summed E-state index contributed by atoms with van der Waals surface area (Å²) >= 11 is 0. The Morgan fingerprint density at radius 3 is 3.05 bits per heavy atom. The van der Waals surface area contributed by atoms with Crippen LogP contribution in [0.5, 0.6) is 0 Å². The number of ether oxygens (including phenoxy) is 2. The van der Waals surface area contributed by atoms with Crippen LogP contribution < -0.4 is 0 Å². The minimum atomic E-state index is -0.615. The van der Waals surface area contributed by atoms with Gasteiger partial charge in [-0.3, -0.25) is 14.2 Å². The zero-order chi connectivity index (χ0) is 15.4. The molecule has 0 spiro atoms. The molecule has 5 nitrogen and oxygen atoms in total. The monoisotopic (exact) mass is 308 g/mol. The van der Waals surface area contributed by atoms with E-state index in [0.29, 0.717) is 19.8 Å². The molecule has 0 unspecified atom stereocenters. The van der Waals surface area contributed by atoms with Crippen LogP contribution in [0, 0.1) is 0 Å². The summed E-state index contributed by atoms with van der Waals surface area (Å²) < 4.78 is 24.3. The van der Waals surface area contributed by atoms with Gasteiger partial charge < -0.3 is 14.4 Å². The van der Waals surface area contributed by atoms with Crippen molar-refractivity contribution in [1.29, 1.82) is 0 Å². The Morgan fingerprint density at radius 2 is 2.27 bits per heavy atom. The number of halogens is 1. The molecule has 0 radical (unpaired) electrons. The second-order valence-electron chi connectivity index (χ2n) is 5.73. The number of pyridine rings is 1. The van der Waals surface area contributed by atoms with E-state index in [2.05, 4.69) is 4.98 Å². The van der Waals surface area contributed by atoms with Gasteiger partial charge in [0.25, 0.3) is 0 Å². The first-order chi connectivity index (χ1) is 10.8. The van der Waals surface area contributed by atoms with Gasteiger partial charge in [-0.05, 0) is 30.5 Å². The van der Waals surface area contributed by atoms with Crippen molar-refractivity contribution in [2.24, 2.45) is 0 Å². The molecular weight excluding hydrogens is 287 g/mol. The van der Waals surface area contributed by atoms with Gasteiger partial charge in [-0.2, -0.15) is 0 Å². The standard InChI is InChI=1S/C16H21FN2O3/c17-6-3-15(20)19-10-14(16-13(19)2-1-9-21-16)22-11-12-4-7-18-8-5-12/h4-5,7-8,13-14,16H,1-3,6,9-11H2/t13-,14+,16+/m1/s1. The summed E-state index contributed by atoms with van der Waals surface area (Å²) in [6, 6.07) is 3.83. The fourth-order valence-corrected chi connectivity index (χ4v) is 3.25. The van der Waals surface area contributed by atoms with Crippen LogP contribution in [0.4, 0.5) is 4.39 Å². The van der Waals surface area contributed by atoms with Crippen LogP contribution in [0.25, 0.3) is 0 Å². The van der Waals surface area contributed by atoms with Crippen LogP contribution >= 0.6 is 0 Å². The predicted molar refractivity (Wildman–Crippen MR) is 77.9 cm³/mol. The second kappa shape index (κ2) is 7.15. The van der Waals surface area contributed by atoms with E-state index in [1.54, 1.807) is 17.3 Å². The molecule has 1 aromatic heterocycles. The molecule has 2 saturated heterocycles. The van der Waals surface area contributed by atoms with Crippen molar-refractivity contribution in [1.82, 2.24) is 9.88 Å². The van der Waals surface area contributed by atoms with Crippen molar-refractivity contribution in [2.75, 3.05) is 19.8 Å². The number of hydrogen-bond acceptors (Lipinski definition) is 4. The molecule has 2 aliphatic heterocycles. The fraction of sp³-hybridized carbons (Fsp3) is 0.625. The SMILES string of the molecule is O=C(CCF)N1C[C@H](OCc2ccncc2)[C@H]2OCCC[C@H]21. The van der Waals surface area contributed by atoms with E-state index in [9.17, 15) is 9.18 Å². The number of aromatic nitrogens is 1. The zero-order valence-electron chi connectivity index (χ0n) is 12.5. The average molecular weight is 308 g/mol. The van der Waals surface area contributed by atoms with Crippen LogP contribution in [0.15, 0.2) is 24.5 Å². The highest BCUT2D eigenvalue weighted by Crippen LogP contribution is 2.31. The van der Waals surface area contributed by atoms with E-state index in [0.717, 1.165) is 18.4 Å². The lowest BCUT2D eigenvalue weighted by molar-refractivity contribution is -0.135. The molecule has 3 rings (SSSR count). The molecule has 2 fully saturated rings. The van der Waals surface area contributed by atoms with Crippen LogP contribution in [-0.2, 0) is 20.9 Å². The largest absolute Gasteiger partial charge is 0.373 e. The maximum atomic E-state index is 12.5. The summed E-state index contributed by atoms with van der Waals surface area (Å²) in [6.07, 6.45) is 4.98. The molecule has 3 atom stereocenters. The van der Waals surface area contributed by atoms with Crippen molar-refractivity contribution < 1.29 is 18.7 Å². The highest BCUT2D eigenvalue weighted by molar-refractivity contribution is 5.77. The molecule has 0 bridgehead atoms. The third kappa shape index (κ3) is 3.28. The van der Waals surface area contributed by atoms with Crippen LogP contribution in [-0.4, -0.2) is 53.9 Å². The van der Waals surface area contributed by atoms with Crippen molar-refractivity contribution in [2.45, 2.75) is 44.1 Å². The zero-order valence-corrected chi connectivity index (χ0v) is 12.5. The molecule has 22 heavy (non-hydrogen) atoms. The van der Waals surface area contributed by atoms with Gasteiger partial charge in [-0.25, -0.2) is 0 Å². The fourth-order valence-electron chi connectivity index (χ4n) is 3.25. The highest BCUT2D eigenvalue weighted by atomic mass is 19.1. The normalized spacial score (nSPS) is 27.7. The van der Waals surface area contributed by atoms with E-state index in [1.807, 2.05) is 12.1 Å². The molecular formula is C16H21FN2O3. The first-order valence-corrected chi connectivity index (χ1v) is 7.77. The number of rotatable bonds is 5. The lowest BCUT2D eigenvalue weighted by Gasteiger charge is -2.32. The molecule has 0 saturated carbocycles. The Kier molecular flexibility index (Phi) is 5.00.